The van der Waals surface area contributed by atoms with Gasteiger partial charge in [-0.25, -0.2) is 19.2 Å². The average molecular weight is 354 g/mol. The minimum absolute atomic E-state index is 0.311. The van der Waals surface area contributed by atoms with Crippen molar-refractivity contribution in [3.63, 3.8) is 0 Å². The van der Waals surface area contributed by atoms with Crippen molar-refractivity contribution in [1.82, 2.24) is 0 Å². The van der Waals surface area contributed by atoms with Gasteiger partial charge in [0.05, 0.1) is 22.3 Å². The fourth-order valence-corrected chi connectivity index (χ4v) is 4.63. The fourth-order valence-electron chi connectivity index (χ4n) is 3.29. The van der Waals surface area contributed by atoms with Gasteiger partial charge in [0.1, 0.15) is 14.1 Å². The summed E-state index contributed by atoms with van der Waals surface area (Å²) in [5.74, 6) is -1.72. The molecule has 25 heavy (non-hydrogen) atoms. The molecule has 7 heteroatoms. The Balaban J connectivity index is 1.79. The van der Waals surface area contributed by atoms with Crippen molar-refractivity contribution in [3.05, 3.63) is 70.8 Å². The van der Waals surface area contributed by atoms with Crippen LogP contribution in [0.1, 0.15) is 41.4 Å². The Bertz CT molecular complexity index is 849. The Morgan fingerprint density at radius 1 is 0.560 bits per heavy atom. The van der Waals surface area contributed by atoms with Crippen LogP contribution < -0.4 is 0 Å². The highest BCUT2D eigenvalue weighted by atomic mass is 32.2. The SMILES string of the molecule is C[N+]1(S[N+]2(C)C(=O)c3ccccc3C2=O)C(=O)c2ccccc2C1=O. The van der Waals surface area contributed by atoms with Crippen LogP contribution in [0.25, 0.3) is 0 Å². The van der Waals surface area contributed by atoms with E-state index in [-0.39, 0.29) is 0 Å². The van der Waals surface area contributed by atoms with Crippen LogP contribution in [0.5, 0.6) is 0 Å². The summed E-state index contributed by atoms with van der Waals surface area (Å²) >= 11 is 0.742. The molecule has 2 aliphatic heterocycles. The molecule has 124 valence electrons. The second-order valence-corrected chi connectivity index (χ2v) is 7.87. The first-order valence-electron chi connectivity index (χ1n) is 7.63. The number of carbonyl (C=O) groups is 4. The number of nitrogens with zero attached hydrogens (tertiary/aromatic N) is 2. The van der Waals surface area contributed by atoms with Crippen LogP contribution in [-0.4, -0.2) is 45.5 Å². The van der Waals surface area contributed by atoms with E-state index in [4.69, 9.17) is 0 Å². The smallest absolute Gasteiger partial charge is 0.224 e. The van der Waals surface area contributed by atoms with Crippen molar-refractivity contribution >= 4 is 35.8 Å². The summed E-state index contributed by atoms with van der Waals surface area (Å²) in [5.41, 5.74) is 1.24. The Morgan fingerprint density at radius 2 is 0.800 bits per heavy atom. The number of fused-ring (bicyclic) bond motifs is 2. The van der Waals surface area contributed by atoms with Gasteiger partial charge in [-0.2, -0.15) is 0 Å². The van der Waals surface area contributed by atoms with Crippen LogP contribution in [0.15, 0.2) is 48.5 Å². The van der Waals surface area contributed by atoms with Gasteiger partial charge in [-0.05, 0) is 24.3 Å². The van der Waals surface area contributed by atoms with Gasteiger partial charge in [0.15, 0.2) is 0 Å². The molecule has 4 amide bonds. The quantitative estimate of drug-likeness (QED) is 0.471. The zero-order valence-electron chi connectivity index (χ0n) is 13.6. The van der Waals surface area contributed by atoms with E-state index in [1.807, 2.05) is 0 Å². The molecular weight excluding hydrogens is 340 g/mol. The number of quaternary nitrogens is 2. The number of amides is 4. The standard InChI is InChI=1S/C18H14N2O4S/c1-19(15(21)11-7-3-4-8-12(11)16(19)22)25-20(2)17(23)13-9-5-6-10-14(13)18(20)24/h3-10H,1-2H3/q+2. The van der Waals surface area contributed by atoms with Crippen LogP contribution >= 0.6 is 12.1 Å². The number of carbonyl (C=O) groups excluding carboxylic acids is 4. The van der Waals surface area contributed by atoms with Crippen LogP contribution in [0.2, 0.25) is 0 Å². The lowest BCUT2D eigenvalue weighted by Crippen LogP contribution is -2.53. The van der Waals surface area contributed by atoms with E-state index in [1.165, 1.54) is 14.1 Å². The Hall–Kier alpha value is -2.61. The second kappa shape index (κ2) is 4.95. The molecule has 0 aromatic heterocycles. The van der Waals surface area contributed by atoms with Gasteiger partial charge in [0.25, 0.3) is 0 Å². The van der Waals surface area contributed by atoms with E-state index < -0.39 is 31.4 Å². The highest BCUT2D eigenvalue weighted by Gasteiger charge is 2.65. The summed E-state index contributed by atoms with van der Waals surface area (Å²) in [6, 6.07) is 13.1. The first-order valence-corrected chi connectivity index (χ1v) is 8.36. The Labute approximate surface area is 148 Å². The van der Waals surface area contributed by atoms with Crippen LogP contribution in [0, 0.1) is 0 Å². The normalized spacial score (nSPS) is 19.9. The van der Waals surface area contributed by atoms with Crippen molar-refractivity contribution < 1.29 is 27.0 Å². The third-order valence-electron chi connectivity index (χ3n) is 4.65. The summed E-state index contributed by atoms with van der Waals surface area (Å²) in [6.45, 7) is 0. The highest BCUT2D eigenvalue weighted by molar-refractivity contribution is 7.89. The molecule has 0 unspecified atom stereocenters. The number of hydrogen-bond acceptors (Lipinski definition) is 5. The minimum Gasteiger partial charge on any atom is -0.224 e. The molecule has 0 spiro atoms. The maximum Gasteiger partial charge on any atom is 0.370 e. The largest absolute Gasteiger partial charge is 0.370 e. The summed E-state index contributed by atoms with van der Waals surface area (Å²) in [5, 5.41) is 0. The lowest BCUT2D eigenvalue weighted by atomic mass is 10.1. The lowest BCUT2D eigenvalue weighted by Gasteiger charge is -2.25. The predicted molar refractivity (Wildman–Crippen MR) is 90.2 cm³/mol. The van der Waals surface area contributed by atoms with Gasteiger partial charge in [-0.1, -0.05) is 32.0 Å². The van der Waals surface area contributed by atoms with Crippen LogP contribution in [0.3, 0.4) is 0 Å². The summed E-state index contributed by atoms with van der Waals surface area (Å²) in [7, 11) is 2.87. The number of rotatable bonds is 2. The first-order chi connectivity index (χ1) is 11.8. The molecule has 2 aliphatic rings. The van der Waals surface area contributed by atoms with Crippen LogP contribution in [0.4, 0.5) is 0 Å². The molecule has 0 saturated carbocycles. The van der Waals surface area contributed by atoms with E-state index >= 15 is 0 Å². The highest BCUT2D eigenvalue weighted by Crippen LogP contribution is 2.44. The zero-order chi connectivity index (χ0) is 18.0. The van der Waals surface area contributed by atoms with Gasteiger partial charge in [0.2, 0.25) is 0 Å². The van der Waals surface area contributed by atoms with Crippen molar-refractivity contribution in [3.8, 4) is 0 Å². The number of hydrogen-bond donors (Lipinski definition) is 0. The molecule has 0 atom stereocenters. The molecule has 0 saturated heterocycles. The molecule has 2 aromatic rings. The first kappa shape index (κ1) is 15.9. The van der Waals surface area contributed by atoms with Gasteiger partial charge in [0, 0.05) is 0 Å². The molecule has 4 rings (SSSR count). The monoisotopic (exact) mass is 354 g/mol. The Morgan fingerprint density at radius 3 is 1.04 bits per heavy atom. The molecule has 2 heterocycles. The maximum absolute atomic E-state index is 12.8. The topological polar surface area (TPSA) is 68.3 Å². The van der Waals surface area contributed by atoms with Crippen molar-refractivity contribution in [2.75, 3.05) is 14.1 Å². The van der Waals surface area contributed by atoms with Crippen LogP contribution in [-0.2, 0) is 0 Å². The van der Waals surface area contributed by atoms with Crippen molar-refractivity contribution in [1.29, 1.82) is 0 Å². The average Bonchev–Trinajstić information content (AvgIpc) is 2.93. The third kappa shape index (κ3) is 1.88. The molecule has 0 bridgehead atoms. The van der Waals surface area contributed by atoms with Gasteiger partial charge in [-0.3, -0.25) is 0 Å². The van der Waals surface area contributed by atoms with Gasteiger partial charge < -0.3 is 0 Å². The van der Waals surface area contributed by atoms with Crippen molar-refractivity contribution in [2.45, 2.75) is 0 Å². The minimum atomic E-state index is -0.707. The number of benzene rings is 2. The Kier molecular flexibility index (Phi) is 3.15. The van der Waals surface area contributed by atoms with E-state index in [0.717, 1.165) is 12.1 Å². The maximum atomic E-state index is 12.8. The van der Waals surface area contributed by atoms with E-state index in [2.05, 4.69) is 0 Å². The third-order valence-corrected chi connectivity index (χ3v) is 5.97. The number of imide groups is 2. The van der Waals surface area contributed by atoms with E-state index in [9.17, 15) is 19.2 Å². The van der Waals surface area contributed by atoms with Gasteiger partial charge in [-0.15, -0.1) is 0 Å². The molecule has 0 fully saturated rings. The van der Waals surface area contributed by atoms with Gasteiger partial charge >= 0.3 is 35.8 Å². The molecule has 2 aromatic carbocycles. The molecule has 0 aliphatic carbocycles. The van der Waals surface area contributed by atoms with Crippen molar-refractivity contribution in [2.24, 2.45) is 0 Å². The predicted octanol–water partition coefficient (Wildman–Crippen LogP) is 2.43. The molecule has 0 radical (unpaired) electrons. The second-order valence-electron chi connectivity index (χ2n) is 6.24. The lowest BCUT2D eigenvalue weighted by molar-refractivity contribution is -0.678. The van der Waals surface area contributed by atoms with E-state index in [1.54, 1.807) is 48.5 Å². The summed E-state index contributed by atoms with van der Waals surface area (Å²) in [6.07, 6.45) is 0. The summed E-state index contributed by atoms with van der Waals surface area (Å²) in [4.78, 5) is 51.4. The fraction of sp³-hybridized carbons (Fsp3) is 0.111. The zero-order valence-corrected chi connectivity index (χ0v) is 14.4. The van der Waals surface area contributed by atoms with E-state index in [0.29, 0.717) is 22.3 Å². The molecule has 6 nitrogen and oxygen atoms in total. The molecule has 0 N–H and O–H groups in total. The molecular formula is C18H14N2O4S+2. The summed E-state index contributed by atoms with van der Waals surface area (Å²) < 4.78 is -1.41.